The molecule has 0 atom stereocenters. The SMILES string of the molecule is COc1cccc2sc(N(CCCN(C)C)C(=O)Cc3ccc(C)c(C)c3)nc12.Cl. The van der Waals surface area contributed by atoms with Gasteiger partial charge in [0.05, 0.1) is 18.2 Å². The summed E-state index contributed by atoms with van der Waals surface area (Å²) in [5.74, 6) is 0.810. The fourth-order valence-corrected chi connectivity index (χ4v) is 4.27. The van der Waals surface area contributed by atoms with E-state index in [1.807, 2.05) is 43.3 Å². The minimum Gasteiger partial charge on any atom is -0.494 e. The topological polar surface area (TPSA) is 45.7 Å². The van der Waals surface area contributed by atoms with Crippen LogP contribution in [0.2, 0.25) is 0 Å². The molecule has 30 heavy (non-hydrogen) atoms. The molecule has 0 bridgehead atoms. The maximum atomic E-state index is 13.3. The van der Waals surface area contributed by atoms with Crippen LogP contribution in [0, 0.1) is 13.8 Å². The molecule has 0 unspecified atom stereocenters. The van der Waals surface area contributed by atoms with Crippen LogP contribution < -0.4 is 9.64 Å². The summed E-state index contributed by atoms with van der Waals surface area (Å²) in [7, 11) is 5.74. The number of methoxy groups -OCH3 is 1. The Morgan fingerprint density at radius 1 is 1.10 bits per heavy atom. The van der Waals surface area contributed by atoms with E-state index in [2.05, 4.69) is 30.9 Å². The van der Waals surface area contributed by atoms with E-state index in [1.54, 1.807) is 7.11 Å². The van der Waals surface area contributed by atoms with Gasteiger partial charge in [-0.3, -0.25) is 9.69 Å². The van der Waals surface area contributed by atoms with E-state index in [-0.39, 0.29) is 18.3 Å². The Bertz CT molecular complexity index is 1000. The lowest BCUT2D eigenvalue weighted by Crippen LogP contribution is -2.34. The van der Waals surface area contributed by atoms with E-state index in [1.165, 1.54) is 22.5 Å². The van der Waals surface area contributed by atoms with Gasteiger partial charge in [0.15, 0.2) is 5.13 Å². The molecular weight excluding hydrogens is 418 g/mol. The van der Waals surface area contributed by atoms with Crippen LogP contribution in [0.25, 0.3) is 10.2 Å². The molecule has 0 spiro atoms. The van der Waals surface area contributed by atoms with Gasteiger partial charge in [0, 0.05) is 6.54 Å². The molecule has 0 radical (unpaired) electrons. The van der Waals surface area contributed by atoms with Gasteiger partial charge >= 0.3 is 0 Å². The predicted octanol–water partition coefficient (Wildman–Crippen LogP) is 4.87. The van der Waals surface area contributed by atoms with Crippen LogP contribution in [0.3, 0.4) is 0 Å². The van der Waals surface area contributed by atoms with Crippen LogP contribution in [-0.4, -0.2) is 50.1 Å². The second-order valence-corrected chi connectivity index (χ2v) is 8.61. The smallest absolute Gasteiger partial charge is 0.233 e. The number of hydrogen-bond acceptors (Lipinski definition) is 5. The number of nitrogens with zero attached hydrogens (tertiary/aromatic N) is 3. The Morgan fingerprint density at radius 2 is 1.87 bits per heavy atom. The highest BCUT2D eigenvalue weighted by Gasteiger charge is 2.21. The van der Waals surface area contributed by atoms with Crippen LogP contribution in [0.4, 0.5) is 5.13 Å². The number of anilines is 1. The highest BCUT2D eigenvalue weighted by atomic mass is 35.5. The van der Waals surface area contributed by atoms with Crippen molar-refractivity contribution in [3.05, 3.63) is 53.1 Å². The molecule has 2 aromatic carbocycles. The minimum absolute atomic E-state index is 0. The number of thiazole rings is 1. The first-order valence-corrected chi connectivity index (χ1v) is 10.7. The third-order valence-corrected chi connectivity index (χ3v) is 6.08. The molecule has 3 rings (SSSR count). The average Bonchev–Trinajstić information content (AvgIpc) is 3.11. The van der Waals surface area contributed by atoms with Gasteiger partial charge < -0.3 is 9.64 Å². The Balaban J connectivity index is 0.00000320. The Labute approximate surface area is 189 Å². The van der Waals surface area contributed by atoms with Crippen molar-refractivity contribution in [2.75, 3.05) is 39.2 Å². The van der Waals surface area contributed by atoms with Gasteiger partial charge in [-0.15, -0.1) is 12.4 Å². The van der Waals surface area contributed by atoms with Gasteiger partial charge in [-0.05, 0) is 69.7 Å². The number of aromatic nitrogens is 1. The second kappa shape index (κ2) is 10.8. The quantitative estimate of drug-likeness (QED) is 0.494. The summed E-state index contributed by atoms with van der Waals surface area (Å²) < 4.78 is 6.47. The summed E-state index contributed by atoms with van der Waals surface area (Å²) in [5, 5.41) is 0.733. The summed E-state index contributed by atoms with van der Waals surface area (Å²) in [6.07, 6.45) is 1.26. The van der Waals surface area contributed by atoms with Crippen molar-refractivity contribution in [3.8, 4) is 5.75 Å². The number of benzene rings is 2. The third kappa shape index (κ3) is 5.72. The molecule has 162 valence electrons. The molecule has 0 aliphatic carbocycles. The van der Waals surface area contributed by atoms with Gasteiger partial charge in [-0.1, -0.05) is 35.6 Å². The maximum Gasteiger partial charge on any atom is 0.233 e. The van der Waals surface area contributed by atoms with Crippen LogP contribution in [0.15, 0.2) is 36.4 Å². The lowest BCUT2D eigenvalue weighted by Gasteiger charge is -2.21. The van der Waals surface area contributed by atoms with Gasteiger partial charge in [-0.2, -0.15) is 0 Å². The zero-order valence-corrected chi connectivity index (χ0v) is 19.9. The molecular formula is C23H30ClN3O2S. The van der Waals surface area contributed by atoms with Crippen molar-refractivity contribution in [3.63, 3.8) is 0 Å². The largest absolute Gasteiger partial charge is 0.494 e. The van der Waals surface area contributed by atoms with Crippen molar-refractivity contribution in [2.45, 2.75) is 26.7 Å². The molecule has 5 nitrogen and oxygen atoms in total. The summed E-state index contributed by atoms with van der Waals surface area (Å²) in [4.78, 5) is 22.0. The number of carbonyl (C=O) groups is 1. The summed E-state index contributed by atoms with van der Waals surface area (Å²) in [6.45, 7) is 5.73. The summed E-state index contributed by atoms with van der Waals surface area (Å²) in [5.41, 5.74) is 4.29. The Morgan fingerprint density at radius 3 is 2.53 bits per heavy atom. The van der Waals surface area contributed by atoms with E-state index < -0.39 is 0 Å². The average molecular weight is 448 g/mol. The Kier molecular flexibility index (Phi) is 8.65. The zero-order valence-electron chi connectivity index (χ0n) is 18.3. The zero-order chi connectivity index (χ0) is 21.0. The van der Waals surface area contributed by atoms with E-state index in [0.29, 0.717) is 13.0 Å². The highest BCUT2D eigenvalue weighted by molar-refractivity contribution is 7.22. The van der Waals surface area contributed by atoms with Crippen LogP contribution in [0.5, 0.6) is 5.75 Å². The molecule has 0 fully saturated rings. The maximum absolute atomic E-state index is 13.3. The first-order chi connectivity index (χ1) is 13.9. The second-order valence-electron chi connectivity index (χ2n) is 7.60. The number of amides is 1. The first-order valence-electron chi connectivity index (χ1n) is 9.84. The Hall–Kier alpha value is -2.15. The lowest BCUT2D eigenvalue weighted by molar-refractivity contribution is -0.118. The van der Waals surface area contributed by atoms with Gasteiger partial charge in [0.25, 0.3) is 0 Å². The molecule has 1 heterocycles. The van der Waals surface area contributed by atoms with Crippen molar-refractivity contribution in [1.82, 2.24) is 9.88 Å². The van der Waals surface area contributed by atoms with Crippen LogP contribution in [0.1, 0.15) is 23.1 Å². The minimum atomic E-state index is 0. The standard InChI is InChI=1S/C23H29N3O2S.ClH/c1-16-10-11-18(14-17(16)2)15-21(27)26(13-7-12-25(3)4)23-24-22-19(28-5)8-6-9-20(22)29-23;/h6,8-11,14H,7,12-13,15H2,1-5H3;1H. The lowest BCUT2D eigenvalue weighted by atomic mass is 10.0. The van der Waals surface area contributed by atoms with E-state index in [9.17, 15) is 4.79 Å². The fraction of sp³-hybridized carbons (Fsp3) is 0.391. The number of ether oxygens (including phenoxy) is 1. The van der Waals surface area contributed by atoms with Crippen molar-refractivity contribution < 1.29 is 9.53 Å². The van der Waals surface area contributed by atoms with E-state index in [4.69, 9.17) is 9.72 Å². The number of para-hydroxylation sites is 1. The van der Waals surface area contributed by atoms with Crippen LogP contribution >= 0.6 is 23.7 Å². The summed E-state index contributed by atoms with van der Waals surface area (Å²) >= 11 is 1.54. The molecule has 1 aromatic heterocycles. The van der Waals surface area contributed by atoms with Crippen LogP contribution in [-0.2, 0) is 11.2 Å². The van der Waals surface area contributed by atoms with Gasteiger partial charge in [0.1, 0.15) is 11.3 Å². The normalized spacial score (nSPS) is 10.9. The molecule has 0 N–H and O–H groups in total. The predicted molar refractivity (Wildman–Crippen MR) is 129 cm³/mol. The van der Waals surface area contributed by atoms with E-state index in [0.717, 1.165) is 39.6 Å². The first kappa shape index (κ1) is 24.1. The van der Waals surface area contributed by atoms with Crippen molar-refractivity contribution >= 4 is 45.0 Å². The number of fused-ring (bicyclic) bond motifs is 1. The third-order valence-electron chi connectivity index (χ3n) is 5.04. The van der Waals surface area contributed by atoms with E-state index >= 15 is 0 Å². The number of aryl methyl sites for hydroxylation is 2. The summed E-state index contributed by atoms with van der Waals surface area (Å²) in [6, 6.07) is 12.1. The fourth-order valence-electron chi connectivity index (χ4n) is 3.25. The van der Waals surface area contributed by atoms with Crippen molar-refractivity contribution in [2.24, 2.45) is 0 Å². The highest BCUT2D eigenvalue weighted by Crippen LogP contribution is 2.34. The number of rotatable bonds is 8. The van der Waals surface area contributed by atoms with Gasteiger partial charge in [0.2, 0.25) is 5.91 Å². The van der Waals surface area contributed by atoms with Gasteiger partial charge in [-0.25, -0.2) is 4.98 Å². The monoisotopic (exact) mass is 447 g/mol. The number of carbonyl (C=O) groups excluding carboxylic acids is 1. The number of halogens is 1. The molecule has 1 amide bonds. The molecule has 0 saturated carbocycles. The molecule has 7 heteroatoms. The molecule has 0 aliphatic rings. The van der Waals surface area contributed by atoms with Crippen molar-refractivity contribution in [1.29, 1.82) is 0 Å². The molecule has 0 saturated heterocycles. The molecule has 0 aliphatic heterocycles. The molecule has 3 aromatic rings. The number of hydrogen-bond donors (Lipinski definition) is 0.